The van der Waals surface area contributed by atoms with Crippen LogP contribution in [0.5, 0.6) is 0 Å². The summed E-state index contributed by atoms with van der Waals surface area (Å²) in [5.41, 5.74) is 3.69. The van der Waals surface area contributed by atoms with Crippen LogP contribution in [0.15, 0.2) is 24.3 Å². The van der Waals surface area contributed by atoms with Crippen molar-refractivity contribution in [3.63, 3.8) is 0 Å². The van der Waals surface area contributed by atoms with E-state index in [2.05, 4.69) is 5.10 Å². The second-order valence-electron chi connectivity index (χ2n) is 4.43. The number of rotatable bonds is 4. The average molecular weight is 279 g/mol. The first-order valence-corrected chi connectivity index (χ1v) is 6.39. The summed E-state index contributed by atoms with van der Waals surface area (Å²) in [5.74, 6) is -0.797. The SMILES string of the molecule is Cc1nn(-c2cccc(Cl)c2)c(C)c1CCC(=O)O. The highest BCUT2D eigenvalue weighted by molar-refractivity contribution is 6.30. The van der Waals surface area contributed by atoms with Crippen molar-refractivity contribution in [2.45, 2.75) is 26.7 Å². The minimum absolute atomic E-state index is 0.114. The van der Waals surface area contributed by atoms with Crippen LogP contribution in [0.25, 0.3) is 5.69 Å². The van der Waals surface area contributed by atoms with E-state index in [1.807, 2.05) is 38.1 Å². The van der Waals surface area contributed by atoms with Crippen LogP contribution in [0.1, 0.15) is 23.4 Å². The predicted molar refractivity (Wildman–Crippen MR) is 74.0 cm³/mol. The number of nitrogens with zero attached hydrogens (tertiary/aromatic N) is 2. The lowest BCUT2D eigenvalue weighted by Crippen LogP contribution is -2.01. The van der Waals surface area contributed by atoms with Crippen molar-refractivity contribution in [3.05, 3.63) is 46.2 Å². The quantitative estimate of drug-likeness (QED) is 0.935. The molecule has 0 aliphatic rings. The summed E-state index contributed by atoms with van der Waals surface area (Å²) in [5, 5.41) is 13.9. The Hall–Kier alpha value is -1.81. The van der Waals surface area contributed by atoms with Gasteiger partial charge >= 0.3 is 5.97 Å². The van der Waals surface area contributed by atoms with Gasteiger partial charge in [-0.3, -0.25) is 4.79 Å². The monoisotopic (exact) mass is 278 g/mol. The van der Waals surface area contributed by atoms with E-state index in [0.717, 1.165) is 22.6 Å². The van der Waals surface area contributed by atoms with Crippen molar-refractivity contribution in [2.75, 3.05) is 0 Å². The van der Waals surface area contributed by atoms with E-state index < -0.39 is 5.97 Å². The first kappa shape index (κ1) is 13.6. The number of carboxylic acids is 1. The molecule has 1 N–H and O–H groups in total. The minimum atomic E-state index is -0.797. The maximum Gasteiger partial charge on any atom is 0.303 e. The normalized spacial score (nSPS) is 10.7. The standard InChI is InChI=1S/C14H15ClN2O2/c1-9-13(6-7-14(18)19)10(2)17(16-9)12-5-3-4-11(15)8-12/h3-5,8H,6-7H2,1-2H3,(H,18,19). The second-order valence-corrected chi connectivity index (χ2v) is 4.87. The smallest absolute Gasteiger partial charge is 0.303 e. The van der Waals surface area contributed by atoms with Gasteiger partial charge in [0.25, 0.3) is 0 Å². The molecule has 0 aliphatic heterocycles. The van der Waals surface area contributed by atoms with Gasteiger partial charge in [-0.15, -0.1) is 0 Å². The molecule has 0 saturated carbocycles. The van der Waals surface area contributed by atoms with E-state index in [9.17, 15) is 4.79 Å². The molecule has 1 aromatic carbocycles. The fourth-order valence-corrected chi connectivity index (χ4v) is 2.31. The lowest BCUT2D eigenvalue weighted by atomic mass is 10.1. The van der Waals surface area contributed by atoms with Crippen LogP contribution >= 0.6 is 11.6 Å². The molecule has 0 spiro atoms. The van der Waals surface area contributed by atoms with E-state index in [0.29, 0.717) is 11.4 Å². The van der Waals surface area contributed by atoms with Gasteiger partial charge in [0.1, 0.15) is 0 Å². The molecule has 0 aliphatic carbocycles. The van der Waals surface area contributed by atoms with E-state index in [4.69, 9.17) is 16.7 Å². The van der Waals surface area contributed by atoms with Gasteiger partial charge in [-0.05, 0) is 44.0 Å². The maximum absolute atomic E-state index is 10.7. The van der Waals surface area contributed by atoms with E-state index >= 15 is 0 Å². The minimum Gasteiger partial charge on any atom is -0.481 e. The topological polar surface area (TPSA) is 55.1 Å². The van der Waals surface area contributed by atoms with Crippen LogP contribution < -0.4 is 0 Å². The van der Waals surface area contributed by atoms with Crippen LogP contribution in [-0.2, 0) is 11.2 Å². The molecule has 0 saturated heterocycles. The van der Waals surface area contributed by atoms with Crippen LogP contribution in [0, 0.1) is 13.8 Å². The van der Waals surface area contributed by atoms with Gasteiger partial charge < -0.3 is 5.11 Å². The molecule has 100 valence electrons. The third-order valence-electron chi connectivity index (χ3n) is 3.08. The van der Waals surface area contributed by atoms with Gasteiger partial charge in [0.15, 0.2) is 0 Å². The van der Waals surface area contributed by atoms with Crippen molar-refractivity contribution in [3.8, 4) is 5.69 Å². The highest BCUT2D eigenvalue weighted by Crippen LogP contribution is 2.21. The van der Waals surface area contributed by atoms with Crippen LogP contribution in [-0.4, -0.2) is 20.9 Å². The average Bonchev–Trinajstić information content (AvgIpc) is 2.62. The Balaban J connectivity index is 2.38. The van der Waals surface area contributed by atoms with Crippen molar-refractivity contribution in [1.82, 2.24) is 9.78 Å². The molecule has 4 nitrogen and oxygen atoms in total. The molecule has 0 atom stereocenters. The zero-order valence-corrected chi connectivity index (χ0v) is 11.6. The summed E-state index contributed by atoms with van der Waals surface area (Å²) in [4.78, 5) is 10.7. The molecule has 2 aromatic rings. The number of benzene rings is 1. The van der Waals surface area contributed by atoms with Crippen molar-refractivity contribution >= 4 is 17.6 Å². The summed E-state index contributed by atoms with van der Waals surface area (Å²) in [6.07, 6.45) is 0.608. The number of aromatic nitrogens is 2. The number of hydrogen-bond donors (Lipinski definition) is 1. The molecular formula is C14H15ClN2O2. The third-order valence-corrected chi connectivity index (χ3v) is 3.32. The Labute approximate surface area is 116 Å². The van der Waals surface area contributed by atoms with Crippen LogP contribution in [0.4, 0.5) is 0 Å². The summed E-state index contributed by atoms with van der Waals surface area (Å²) in [6, 6.07) is 7.43. The van der Waals surface area contributed by atoms with E-state index in [1.54, 1.807) is 4.68 Å². The maximum atomic E-state index is 10.7. The largest absolute Gasteiger partial charge is 0.481 e. The molecular weight excluding hydrogens is 264 g/mol. The first-order valence-electron chi connectivity index (χ1n) is 6.02. The molecule has 2 rings (SSSR count). The Bertz CT molecular complexity index is 620. The Morgan fingerprint density at radius 1 is 1.42 bits per heavy atom. The van der Waals surface area contributed by atoms with Crippen LogP contribution in [0.3, 0.4) is 0 Å². The second kappa shape index (κ2) is 5.45. The number of carboxylic acid groups (broad SMARTS) is 1. The molecule has 19 heavy (non-hydrogen) atoms. The van der Waals surface area contributed by atoms with E-state index in [1.165, 1.54) is 0 Å². The van der Waals surface area contributed by atoms with E-state index in [-0.39, 0.29) is 6.42 Å². The molecule has 5 heteroatoms. The van der Waals surface area contributed by atoms with Crippen molar-refractivity contribution < 1.29 is 9.90 Å². The molecule has 1 aromatic heterocycles. The third kappa shape index (κ3) is 2.96. The van der Waals surface area contributed by atoms with Crippen molar-refractivity contribution in [1.29, 1.82) is 0 Å². The summed E-state index contributed by atoms with van der Waals surface area (Å²) in [6.45, 7) is 3.84. The van der Waals surface area contributed by atoms with Gasteiger partial charge in [-0.1, -0.05) is 17.7 Å². The first-order chi connectivity index (χ1) is 8.99. The highest BCUT2D eigenvalue weighted by Gasteiger charge is 2.13. The van der Waals surface area contributed by atoms with Crippen molar-refractivity contribution in [2.24, 2.45) is 0 Å². The Kier molecular flexibility index (Phi) is 3.90. The Morgan fingerprint density at radius 3 is 2.79 bits per heavy atom. The molecule has 1 heterocycles. The van der Waals surface area contributed by atoms with Gasteiger partial charge in [0, 0.05) is 17.1 Å². The summed E-state index contributed by atoms with van der Waals surface area (Å²) >= 11 is 5.98. The van der Waals surface area contributed by atoms with Crippen LogP contribution in [0.2, 0.25) is 5.02 Å². The summed E-state index contributed by atoms with van der Waals surface area (Å²) < 4.78 is 1.80. The lowest BCUT2D eigenvalue weighted by Gasteiger charge is -2.05. The van der Waals surface area contributed by atoms with Gasteiger partial charge in [0.05, 0.1) is 11.4 Å². The number of carbonyl (C=O) groups is 1. The van der Waals surface area contributed by atoms with Gasteiger partial charge in [-0.25, -0.2) is 4.68 Å². The fraction of sp³-hybridized carbons (Fsp3) is 0.286. The molecule has 0 bridgehead atoms. The molecule has 0 unspecified atom stereocenters. The molecule has 0 radical (unpaired) electrons. The number of halogens is 1. The number of aryl methyl sites for hydroxylation is 1. The summed E-state index contributed by atoms with van der Waals surface area (Å²) in [7, 11) is 0. The fourth-order valence-electron chi connectivity index (χ4n) is 2.13. The zero-order chi connectivity index (χ0) is 14.0. The number of aliphatic carboxylic acids is 1. The molecule has 0 amide bonds. The highest BCUT2D eigenvalue weighted by atomic mass is 35.5. The van der Waals surface area contributed by atoms with Gasteiger partial charge in [0.2, 0.25) is 0 Å². The lowest BCUT2D eigenvalue weighted by molar-refractivity contribution is -0.136. The molecule has 0 fully saturated rings. The number of hydrogen-bond acceptors (Lipinski definition) is 2. The Morgan fingerprint density at radius 2 is 2.16 bits per heavy atom. The zero-order valence-electron chi connectivity index (χ0n) is 10.9. The predicted octanol–water partition coefficient (Wildman–Crippen LogP) is 3.16. The van der Waals surface area contributed by atoms with Gasteiger partial charge in [-0.2, -0.15) is 5.10 Å².